The molecule has 0 fully saturated rings. The van der Waals surface area contributed by atoms with Gasteiger partial charge in [-0.15, -0.1) is 6.58 Å². The number of hydrogen-bond donors (Lipinski definition) is 0. The number of carbonyl (C=O) groups excluding carboxylic acids is 5. The number of esters is 5. The normalized spacial score (nSPS) is 14.4. The smallest absolute Gasteiger partial charge is 0.324 e. The van der Waals surface area contributed by atoms with Gasteiger partial charge in [0.15, 0.2) is 10.8 Å². The van der Waals surface area contributed by atoms with E-state index in [-0.39, 0.29) is 58.2 Å². The number of carbonyl (C=O) groups is 5. The van der Waals surface area contributed by atoms with E-state index in [9.17, 15) is 24.0 Å². The SMILES string of the molecule is C=CC1CC(C(=O)OCC)(C(=O)OCC)Cc2cc(OC)ccc21.CCOC(=O)C(C/C=C/COC(C)=O)(Cc1cc(OC)ccc1I)C(=O)OCC. The van der Waals surface area contributed by atoms with Crippen LogP contribution < -0.4 is 9.47 Å². The summed E-state index contributed by atoms with van der Waals surface area (Å²) < 4.78 is 37.2. The maximum atomic E-state index is 12.9. The van der Waals surface area contributed by atoms with E-state index in [1.165, 1.54) is 6.92 Å². The summed E-state index contributed by atoms with van der Waals surface area (Å²) in [7, 11) is 3.13. The van der Waals surface area contributed by atoms with Gasteiger partial charge in [0, 0.05) is 22.8 Å². The van der Waals surface area contributed by atoms with E-state index in [4.69, 9.17) is 33.2 Å². The van der Waals surface area contributed by atoms with Gasteiger partial charge in [0.05, 0.1) is 40.6 Å². The predicted molar refractivity (Wildman–Crippen MR) is 205 cm³/mol. The minimum Gasteiger partial charge on any atom is -0.497 e. The summed E-state index contributed by atoms with van der Waals surface area (Å²) in [5.41, 5.74) is -0.212. The molecule has 1 atom stereocenters. The van der Waals surface area contributed by atoms with E-state index in [1.54, 1.807) is 72.3 Å². The fourth-order valence-electron chi connectivity index (χ4n) is 5.91. The Morgan fingerprint density at radius 2 is 1.36 bits per heavy atom. The first-order valence-electron chi connectivity index (χ1n) is 17.4. The van der Waals surface area contributed by atoms with Gasteiger partial charge in [-0.2, -0.15) is 0 Å². The highest BCUT2D eigenvalue weighted by molar-refractivity contribution is 14.1. The molecule has 290 valence electrons. The number of allylic oxidation sites excluding steroid dienone is 2. The van der Waals surface area contributed by atoms with Crippen LogP contribution in [0.25, 0.3) is 0 Å². The minimum atomic E-state index is -1.56. The molecular weight excluding hydrogens is 799 g/mol. The Labute approximate surface area is 325 Å². The third-order valence-electron chi connectivity index (χ3n) is 8.52. The molecular formula is C40H51IO12. The lowest BCUT2D eigenvalue weighted by atomic mass is 9.67. The molecule has 12 nitrogen and oxygen atoms in total. The maximum absolute atomic E-state index is 12.9. The van der Waals surface area contributed by atoms with Gasteiger partial charge in [0.25, 0.3) is 0 Å². The largest absolute Gasteiger partial charge is 0.497 e. The summed E-state index contributed by atoms with van der Waals surface area (Å²) in [5.74, 6) is -1.64. The molecule has 0 N–H and O–H groups in total. The van der Waals surface area contributed by atoms with Crippen molar-refractivity contribution in [1.29, 1.82) is 0 Å². The molecule has 1 unspecified atom stereocenters. The van der Waals surface area contributed by atoms with Gasteiger partial charge >= 0.3 is 29.8 Å². The molecule has 53 heavy (non-hydrogen) atoms. The standard InChI is InChI=1S/C21H27IO7.C19H24O5/c1-5-27-19(24)21(20(25)28-6-2,11-7-8-12-29-15(3)23)14-16-13-17(26-4)9-10-18(16)22;1-5-13-11-19(17(20)23-6-2,18(21)24-7-3)12-14-10-15(22-4)8-9-16(13)14/h7-10,13H,5-6,11-12,14H2,1-4H3;5,8-10,13H,1,6-7,11-12H2,2-4H3/b8-7+;. The van der Waals surface area contributed by atoms with Crippen molar-refractivity contribution in [2.24, 2.45) is 10.8 Å². The lowest BCUT2D eigenvalue weighted by Crippen LogP contribution is -2.47. The zero-order valence-electron chi connectivity index (χ0n) is 31.6. The molecule has 0 radical (unpaired) electrons. The molecule has 3 rings (SSSR count). The Kier molecular flexibility index (Phi) is 18.5. The number of rotatable bonds is 17. The Hall–Kier alpha value is -4.40. The van der Waals surface area contributed by atoms with Crippen LogP contribution in [0.2, 0.25) is 0 Å². The van der Waals surface area contributed by atoms with Gasteiger partial charge in [-0.05, 0) is 117 Å². The first kappa shape index (κ1) is 44.8. The zero-order chi connectivity index (χ0) is 39.6. The van der Waals surface area contributed by atoms with E-state index >= 15 is 0 Å². The highest BCUT2D eigenvalue weighted by Gasteiger charge is 2.53. The van der Waals surface area contributed by atoms with Gasteiger partial charge in [-0.25, -0.2) is 0 Å². The van der Waals surface area contributed by atoms with Gasteiger partial charge < -0.3 is 33.2 Å². The number of ether oxygens (including phenoxy) is 7. The second kappa shape index (κ2) is 22.0. The summed E-state index contributed by atoms with van der Waals surface area (Å²) in [5, 5.41) is 0. The molecule has 0 bridgehead atoms. The van der Waals surface area contributed by atoms with Crippen molar-refractivity contribution >= 4 is 52.4 Å². The number of fused-ring (bicyclic) bond motifs is 1. The summed E-state index contributed by atoms with van der Waals surface area (Å²) in [6.07, 6.45) is 5.64. The van der Waals surface area contributed by atoms with Gasteiger partial charge in [0.2, 0.25) is 0 Å². The molecule has 1 aliphatic rings. The third-order valence-corrected chi connectivity index (χ3v) is 9.57. The molecule has 1 aliphatic carbocycles. The van der Waals surface area contributed by atoms with E-state index < -0.39 is 40.7 Å². The molecule has 0 aliphatic heterocycles. The van der Waals surface area contributed by atoms with Crippen LogP contribution in [-0.4, -0.2) is 77.1 Å². The summed E-state index contributed by atoms with van der Waals surface area (Å²) in [4.78, 5) is 62.2. The first-order valence-corrected chi connectivity index (χ1v) is 18.5. The molecule has 0 amide bonds. The van der Waals surface area contributed by atoms with Crippen LogP contribution in [0.3, 0.4) is 0 Å². The van der Waals surface area contributed by atoms with Crippen molar-refractivity contribution < 1.29 is 57.1 Å². The Morgan fingerprint density at radius 3 is 1.87 bits per heavy atom. The Morgan fingerprint density at radius 1 is 0.811 bits per heavy atom. The average Bonchev–Trinajstić information content (AvgIpc) is 3.14. The second-order valence-electron chi connectivity index (χ2n) is 11.9. The fourth-order valence-corrected chi connectivity index (χ4v) is 6.44. The van der Waals surface area contributed by atoms with Gasteiger partial charge in [-0.3, -0.25) is 24.0 Å². The number of hydrogen-bond acceptors (Lipinski definition) is 12. The first-order chi connectivity index (χ1) is 25.3. The molecule has 2 aromatic carbocycles. The number of halogens is 1. The van der Waals surface area contributed by atoms with Gasteiger partial charge in [0.1, 0.15) is 18.1 Å². The van der Waals surface area contributed by atoms with Crippen molar-refractivity contribution in [3.8, 4) is 11.5 Å². The predicted octanol–water partition coefficient (Wildman–Crippen LogP) is 6.49. The van der Waals surface area contributed by atoms with Crippen molar-refractivity contribution in [3.05, 3.63) is 81.5 Å². The molecule has 0 saturated heterocycles. The van der Waals surface area contributed by atoms with Crippen LogP contribution in [0, 0.1) is 14.4 Å². The number of benzene rings is 2. The van der Waals surface area contributed by atoms with E-state index in [2.05, 4.69) is 29.2 Å². The monoisotopic (exact) mass is 850 g/mol. The molecule has 0 aromatic heterocycles. The quantitative estimate of drug-likeness (QED) is 0.0563. The average molecular weight is 851 g/mol. The van der Waals surface area contributed by atoms with Crippen molar-refractivity contribution in [3.63, 3.8) is 0 Å². The Bertz CT molecular complexity index is 1580. The second-order valence-corrected chi connectivity index (χ2v) is 13.1. The van der Waals surface area contributed by atoms with Crippen LogP contribution in [0.5, 0.6) is 11.5 Å². The highest BCUT2D eigenvalue weighted by atomic mass is 127. The van der Waals surface area contributed by atoms with E-state index in [0.29, 0.717) is 17.9 Å². The lowest BCUT2D eigenvalue weighted by molar-refractivity contribution is -0.174. The van der Waals surface area contributed by atoms with Crippen molar-refractivity contribution in [1.82, 2.24) is 0 Å². The number of methoxy groups -OCH3 is 2. The van der Waals surface area contributed by atoms with Crippen LogP contribution >= 0.6 is 22.6 Å². The van der Waals surface area contributed by atoms with Crippen molar-refractivity contribution in [2.75, 3.05) is 47.3 Å². The molecule has 0 spiro atoms. The van der Waals surface area contributed by atoms with Crippen LogP contribution in [0.4, 0.5) is 0 Å². The van der Waals surface area contributed by atoms with Gasteiger partial charge in [-0.1, -0.05) is 24.3 Å². The highest BCUT2D eigenvalue weighted by Crippen LogP contribution is 2.46. The van der Waals surface area contributed by atoms with Crippen LogP contribution in [0.15, 0.2) is 61.2 Å². The van der Waals surface area contributed by atoms with Crippen LogP contribution in [0.1, 0.15) is 70.1 Å². The molecule has 2 aromatic rings. The molecule has 0 saturated carbocycles. The lowest BCUT2D eigenvalue weighted by Gasteiger charge is -2.37. The fraction of sp³-hybridized carbons (Fsp3) is 0.475. The van der Waals surface area contributed by atoms with Crippen molar-refractivity contribution in [2.45, 2.75) is 66.2 Å². The molecule has 13 heteroatoms. The minimum absolute atomic E-state index is 0.0409. The van der Waals surface area contributed by atoms with E-state index in [0.717, 1.165) is 20.3 Å². The summed E-state index contributed by atoms with van der Waals surface area (Å²) in [6, 6.07) is 11.1. The maximum Gasteiger partial charge on any atom is 0.324 e. The molecule has 0 heterocycles. The Balaban J connectivity index is 0.000000373. The third kappa shape index (κ3) is 11.8. The zero-order valence-corrected chi connectivity index (χ0v) is 33.8. The summed E-state index contributed by atoms with van der Waals surface area (Å²) >= 11 is 2.15. The topological polar surface area (TPSA) is 150 Å². The van der Waals surface area contributed by atoms with Crippen LogP contribution in [-0.2, 0) is 60.5 Å². The van der Waals surface area contributed by atoms with E-state index in [1.807, 2.05) is 24.3 Å². The summed E-state index contributed by atoms with van der Waals surface area (Å²) in [6.45, 7) is 12.7.